The van der Waals surface area contributed by atoms with Crippen LogP contribution < -0.4 is 0 Å². The number of aliphatic hydroxyl groups excluding tert-OH is 1. The lowest BCUT2D eigenvalue weighted by Crippen LogP contribution is -2.61. The van der Waals surface area contributed by atoms with Crippen LogP contribution in [-0.4, -0.2) is 59.3 Å². The van der Waals surface area contributed by atoms with E-state index in [1.165, 1.54) is 28.8 Å². The molecule has 0 unspecified atom stereocenters. The van der Waals surface area contributed by atoms with Gasteiger partial charge in [0, 0.05) is 4.91 Å². The zero-order valence-electron chi connectivity index (χ0n) is 13.7. The van der Waals surface area contributed by atoms with Gasteiger partial charge in [-0.15, -0.1) is 0 Å². The largest absolute Gasteiger partial charge is 0.508 e. The maximum Gasteiger partial charge on any atom is 0.508 e. The van der Waals surface area contributed by atoms with Gasteiger partial charge in [-0.05, 0) is 6.92 Å². The van der Waals surface area contributed by atoms with E-state index in [1.807, 2.05) is 0 Å². The number of aliphatic hydroxyl groups is 1. The molecule has 1 fully saturated rings. The summed E-state index contributed by atoms with van der Waals surface area (Å²) in [6.45, 7) is 8.04. The molecule has 2 heterocycles. The normalized spacial score (nSPS) is 22.6. The predicted molar refractivity (Wildman–Crippen MR) is 89.1 cm³/mol. The molecule has 0 spiro atoms. The lowest BCUT2D eigenvalue weighted by atomic mass is 9.92. The second-order valence-electron chi connectivity index (χ2n) is 5.23. The van der Waals surface area contributed by atoms with Gasteiger partial charge in [-0.2, -0.15) is 0 Å². The average molecular weight is 369 g/mol. The molecule has 0 aliphatic carbocycles. The van der Waals surface area contributed by atoms with Gasteiger partial charge in [0.2, 0.25) is 5.91 Å². The Kier molecular flexibility index (Phi) is 6.27. The quantitative estimate of drug-likeness (QED) is 0.387. The van der Waals surface area contributed by atoms with Gasteiger partial charge in [0.25, 0.3) is 0 Å². The Bertz CT molecular complexity index is 630. The second kappa shape index (κ2) is 8.21. The molecule has 1 amide bonds. The van der Waals surface area contributed by atoms with Crippen LogP contribution in [0.2, 0.25) is 0 Å². The standard InChI is InChI=1S/C16H19NO7S/c1-4-6-22-15(20)12-10(8-18)25-14-11(13(19)17(12)14)9(3)24-16(21)23-7-5-2/h4-5,9,11,14,18H,1-2,6-8H2,3H3/t9-,11+,14+/m1/s1. The number of rotatable bonds is 8. The highest BCUT2D eigenvalue weighted by Crippen LogP contribution is 2.50. The van der Waals surface area contributed by atoms with Gasteiger partial charge in [-0.1, -0.05) is 37.1 Å². The zero-order chi connectivity index (χ0) is 18.6. The third kappa shape index (κ3) is 3.72. The van der Waals surface area contributed by atoms with E-state index in [1.54, 1.807) is 6.92 Å². The van der Waals surface area contributed by atoms with Crippen molar-refractivity contribution in [3.05, 3.63) is 35.9 Å². The first-order chi connectivity index (χ1) is 12.0. The van der Waals surface area contributed by atoms with Crippen molar-refractivity contribution in [3.63, 3.8) is 0 Å². The molecule has 1 N–H and O–H groups in total. The topological polar surface area (TPSA) is 102 Å². The van der Waals surface area contributed by atoms with E-state index in [0.29, 0.717) is 4.91 Å². The summed E-state index contributed by atoms with van der Waals surface area (Å²) in [5.74, 6) is -1.73. The van der Waals surface area contributed by atoms with Crippen molar-refractivity contribution in [2.24, 2.45) is 5.92 Å². The van der Waals surface area contributed by atoms with Crippen molar-refractivity contribution >= 4 is 29.8 Å². The first kappa shape index (κ1) is 19.1. The Hall–Kier alpha value is -2.26. The molecular formula is C16H19NO7S. The number of β-lactam (4-membered cyclic amide) rings is 1. The first-order valence-electron chi connectivity index (χ1n) is 7.52. The fourth-order valence-corrected chi connectivity index (χ4v) is 3.99. The van der Waals surface area contributed by atoms with Crippen LogP contribution in [0.1, 0.15) is 6.92 Å². The van der Waals surface area contributed by atoms with Crippen molar-refractivity contribution in [2.45, 2.75) is 18.4 Å². The van der Waals surface area contributed by atoms with Gasteiger partial charge in [0.05, 0.1) is 6.61 Å². The third-order valence-corrected chi connectivity index (χ3v) is 4.98. The Morgan fingerprint density at radius 2 is 1.96 bits per heavy atom. The van der Waals surface area contributed by atoms with E-state index >= 15 is 0 Å². The van der Waals surface area contributed by atoms with Crippen LogP contribution in [0.4, 0.5) is 4.79 Å². The monoisotopic (exact) mass is 369 g/mol. The number of hydrogen-bond donors (Lipinski definition) is 1. The van der Waals surface area contributed by atoms with E-state index in [0.717, 1.165) is 0 Å². The lowest BCUT2D eigenvalue weighted by Gasteiger charge is -2.44. The fraction of sp³-hybridized carbons (Fsp3) is 0.438. The van der Waals surface area contributed by atoms with Crippen LogP contribution >= 0.6 is 11.8 Å². The van der Waals surface area contributed by atoms with Crippen LogP contribution in [0.15, 0.2) is 35.9 Å². The highest BCUT2D eigenvalue weighted by molar-refractivity contribution is 8.04. The SMILES string of the molecule is C=CCOC(=O)O[C@H](C)[C@H]1C(=O)N2C(C(=O)OCC=C)=C(CO)S[C@@H]12. The Balaban J connectivity index is 2.05. The molecular weight excluding hydrogens is 350 g/mol. The van der Waals surface area contributed by atoms with Gasteiger partial charge < -0.3 is 19.3 Å². The number of amides is 1. The number of esters is 1. The summed E-state index contributed by atoms with van der Waals surface area (Å²) in [6.07, 6.45) is 1.15. The highest BCUT2D eigenvalue weighted by atomic mass is 32.2. The molecule has 2 aliphatic rings. The average Bonchev–Trinajstić information content (AvgIpc) is 2.92. The predicted octanol–water partition coefficient (Wildman–Crippen LogP) is 1.18. The number of thioether (sulfide) groups is 1. The molecule has 8 nitrogen and oxygen atoms in total. The molecule has 9 heteroatoms. The van der Waals surface area contributed by atoms with Gasteiger partial charge in [-0.3, -0.25) is 9.69 Å². The zero-order valence-corrected chi connectivity index (χ0v) is 14.5. The summed E-state index contributed by atoms with van der Waals surface area (Å²) in [4.78, 5) is 37.7. The Morgan fingerprint density at radius 1 is 1.32 bits per heavy atom. The summed E-state index contributed by atoms with van der Waals surface area (Å²) in [5.41, 5.74) is 0.0297. The summed E-state index contributed by atoms with van der Waals surface area (Å²) in [6, 6.07) is 0. The number of carbonyl (C=O) groups is 3. The summed E-state index contributed by atoms with van der Waals surface area (Å²) in [7, 11) is 0. The van der Waals surface area contributed by atoms with Gasteiger partial charge in [0.1, 0.15) is 36.3 Å². The minimum Gasteiger partial charge on any atom is -0.457 e. The van der Waals surface area contributed by atoms with Crippen molar-refractivity contribution in [1.29, 1.82) is 0 Å². The molecule has 2 rings (SSSR count). The smallest absolute Gasteiger partial charge is 0.457 e. The summed E-state index contributed by atoms with van der Waals surface area (Å²) in [5, 5.41) is 9.03. The third-order valence-electron chi connectivity index (χ3n) is 3.63. The molecule has 0 radical (unpaired) electrons. The number of nitrogens with zero attached hydrogens (tertiary/aromatic N) is 1. The minimum absolute atomic E-state index is 0.00348. The summed E-state index contributed by atoms with van der Waals surface area (Å²) < 4.78 is 14.8. The van der Waals surface area contributed by atoms with Gasteiger partial charge >= 0.3 is 12.1 Å². The molecule has 136 valence electrons. The van der Waals surface area contributed by atoms with E-state index < -0.39 is 36.1 Å². The molecule has 0 bridgehead atoms. The number of hydrogen-bond acceptors (Lipinski definition) is 8. The second-order valence-corrected chi connectivity index (χ2v) is 6.44. The lowest BCUT2D eigenvalue weighted by molar-refractivity contribution is -0.158. The van der Waals surface area contributed by atoms with E-state index in [-0.39, 0.29) is 24.8 Å². The van der Waals surface area contributed by atoms with Crippen LogP contribution in [0.25, 0.3) is 0 Å². The van der Waals surface area contributed by atoms with Crippen LogP contribution in [0.5, 0.6) is 0 Å². The van der Waals surface area contributed by atoms with Crippen molar-refractivity contribution in [2.75, 3.05) is 19.8 Å². The van der Waals surface area contributed by atoms with E-state index in [4.69, 9.17) is 14.2 Å². The number of ether oxygens (including phenoxy) is 3. The minimum atomic E-state index is -0.900. The molecule has 0 saturated carbocycles. The van der Waals surface area contributed by atoms with Crippen LogP contribution in [0.3, 0.4) is 0 Å². The van der Waals surface area contributed by atoms with Gasteiger partial charge in [0.15, 0.2) is 0 Å². The Morgan fingerprint density at radius 3 is 2.56 bits per heavy atom. The molecule has 25 heavy (non-hydrogen) atoms. The molecule has 3 atom stereocenters. The molecule has 2 aliphatic heterocycles. The van der Waals surface area contributed by atoms with Crippen molar-refractivity contribution < 1.29 is 33.7 Å². The van der Waals surface area contributed by atoms with Gasteiger partial charge in [-0.25, -0.2) is 9.59 Å². The highest BCUT2D eigenvalue weighted by Gasteiger charge is 2.58. The fourth-order valence-electron chi connectivity index (χ4n) is 2.53. The maximum atomic E-state index is 12.5. The molecule has 0 aromatic heterocycles. The molecule has 1 saturated heterocycles. The van der Waals surface area contributed by atoms with Crippen LogP contribution in [0, 0.1) is 5.92 Å². The van der Waals surface area contributed by atoms with Crippen molar-refractivity contribution in [3.8, 4) is 0 Å². The van der Waals surface area contributed by atoms with Crippen molar-refractivity contribution in [1.82, 2.24) is 4.90 Å². The first-order valence-corrected chi connectivity index (χ1v) is 8.40. The molecule has 0 aromatic carbocycles. The Labute approximate surface area is 149 Å². The van der Waals surface area contributed by atoms with Crippen LogP contribution in [-0.2, 0) is 23.8 Å². The number of carbonyl (C=O) groups excluding carboxylic acids is 3. The number of fused-ring (bicyclic) bond motifs is 1. The summed E-state index contributed by atoms with van der Waals surface area (Å²) >= 11 is 1.18. The maximum absolute atomic E-state index is 12.5. The molecule has 0 aromatic rings. The van der Waals surface area contributed by atoms with E-state index in [2.05, 4.69) is 13.2 Å². The van der Waals surface area contributed by atoms with E-state index in [9.17, 15) is 19.5 Å².